The number of rotatable bonds is 7. The molecule has 0 unspecified atom stereocenters. The topological polar surface area (TPSA) is 108 Å². The van der Waals surface area contributed by atoms with Crippen molar-refractivity contribution in [3.8, 4) is 17.2 Å². The highest BCUT2D eigenvalue weighted by Gasteiger charge is 2.42. The second-order valence-electron chi connectivity index (χ2n) is 7.25. The third-order valence-corrected chi connectivity index (χ3v) is 5.57. The number of carbonyl (C=O) groups excluding carboxylic acids is 1. The zero-order valence-electron chi connectivity index (χ0n) is 18.2. The van der Waals surface area contributed by atoms with Gasteiger partial charge in [0.05, 0.1) is 21.6 Å². The molecule has 0 aromatic heterocycles. The first kappa shape index (κ1) is 27.7. The molecule has 198 valence electrons. The molecule has 0 spiro atoms. The lowest BCUT2D eigenvalue weighted by Crippen LogP contribution is -2.22. The number of nitrogens with two attached hydrogens (primary N) is 1. The van der Waals surface area contributed by atoms with E-state index in [1.54, 1.807) is 0 Å². The molecule has 1 amide bonds. The second-order valence-corrected chi connectivity index (χ2v) is 8.81. The number of ether oxygens (including phenoxy) is 2. The highest BCUT2D eigenvalue weighted by Crippen LogP contribution is 2.43. The largest absolute Gasteiger partial charge is 0.463 e. The lowest BCUT2D eigenvalue weighted by Gasteiger charge is -2.20. The Kier molecular flexibility index (Phi) is 7.69. The van der Waals surface area contributed by atoms with Crippen molar-refractivity contribution in [1.82, 2.24) is 0 Å². The zero-order valence-corrected chi connectivity index (χ0v) is 19.0. The number of nitrogens with one attached hydrogen (secondary N) is 1. The molecule has 7 nitrogen and oxygen atoms in total. The predicted molar refractivity (Wildman–Crippen MR) is 115 cm³/mol. The first-order valence-electron chi connectivity index (χ1n) is 9.83. The van der Waals surface area contributed by atoms with Crippen LogP contribution in [0.2, 0.25) is 0 Å². The Morgan fingerprint density at radius 2 is 1.51 bits per heavy atom. The minimum absolute atomic E-state index is 0.0115. The van der Waals surface area contributed by atoms with Gasteiger partial charge in [-0.3, -0.25) is 4.79 Å². The molecule has 0 saturated heterocycles. The standard InChI is InChI=1S/C22H15F7N2O5S/c23-11-35-14-4-6-15(7-5-14)36-18-9-12(21(24,25)26)8-17(22(27,28)29)19(18)20(32)31-13-2-1-3-16(10-13)37(30,33)34/h1-10H,11H2,(H,31,32)(H2,30,33,34). The average molecular weight is 552 g/mol. The van der Waals surface area contributed by atoms with Crippen molar-refractivity contribution in [3.05, 3.63) is 77.4 Å². The van der Waals surface area contributed by atoms with Gasteiger partial charge in [0.2, 0.25) is 16.9 Å². The Hall–Kier alpha value is -3.85. The van der Waals surface area contributed by atoms with Crippen LogP contribution < -0.4 is 19.9 Å². The number of alkyl halides is 7. The quantitative estimate of drug-likeness (QED) is 0.365. The molecule has 0 atom stereocenters. The minimum atomic E-state index is -5.44. The van der Waals surface area contributed by atoms with E-state index in [1.165, 1.54) is 0 Å². The van der Waals surface area contributed by atoms with Crippen LogP contribution in [0.25, 0.3) is 0 Å². The summed E-state index contributed by atoms with van der Waals surface area (Å²) in [6.07, 6.45) is -10.7. The van der Waals surface area contributed by atoms with Crippen LogP contribution in [0.5, 0.6) is 17.2 Å². The van der Waals surface area contributed by atoms with Gasteiger partial charge < -0.3 is 14.8 Å². The van der Waals surface area contributed by atoms with Crippen molar-refractivity contribution in [2.24, 2.45) is 5.14 Å². The van der Waals surface area contributed by atoms with E-state index in [-0.39, 0.29) is 29.3 Å². The third-order valence-electron chi connectivity index (χ3n) is 4.66. The van der Waals surface area contributed by atoms with Gasteiger partial charge in [0.25, 0.3) is 5.91 Å². The van der Waals surface area contributed by atoms with Gasteiger partial charge in [-0.25, -0.2) is 17.9 Å². The van der Waals surface area contributed by atoms with Crippen LogP contribution in [0.4, 0.5) is 36.4 Å². The molecule has 3 aromatic carbocycles. The van der Waals surface area contributed by atoms with Crippen LogP contribution in [-0.2, 0) is 22.4 Å². The lowest BCUT2D eigenvalue weighted by atomic mass is 10.0. The van der Waals surface area contributed by atoms with Crippen molar-refractivity contribution >= 4 is 21.6 Å². The molecular weight excluding hydrogens is 537 g/mol. The van der Waals surface area contributed by atoms with E-state index in [9.17, 15) is 43.9 Å². The molecule has 37 heavy (non-hydrogen) atoms. The minimum Gasteiger partial charge on any atom is -0.463 e. The van der Waals surface area contributed by atoms with Crippen LogP contribution in [0.1, 0.15) is 21.5 Å². The number of hydrogen-bond donors (Lipinski definition) is 2. The van der Waals surface area contributed by atoms with Gasteiger partial charge in [0.15, 0.2) is 0 Å². The van der Waals surface area contributed by atoms with E-state index in [0.29, 0.717) is 0 Å². The maximum absolute atomic E-state index is 13.8. The van der Waals surface area contributed by atoms with Gasteiger partial charge in [-0.05, 0) is 54.6 Å². The van der Waals surface area contributed by atoms with E-state index in [1.807, 2.05) is 5.32 Å². The summed E-state index contributed by atoms with van der Waals surface area (Å²) < 4.78 is 127. The fourth-order valence-electron chi connectivity index (χ4n) is 3.06. The van der Waals surface area contributed by atoms with Crippen LogP contribution >= 0.6 is 0 Å². The van der Waals surface area contributed by atoms with Crippen molar-refractivity contribution in [2.45, 2.75) is 17.2 Å². The number of benzene rings is 3. The van der Waals surface area contributed by atoms with Gasteiger partial charge in [0.1, 0.15) is 17.2 Å². The molecule has 0 aliphatic rings. The number of primary sulfonamides is 1. The smallest absolute Gasteiger partial charge is 0.417 e. The summed E-state index contributed by atoms with van der Waals surface area (Å²) in [5, 5.41) is 7.01. The summed E-state index contributed by atoms with van der Waals surface area (Å²) in [5.74, 6) is -2.98. The van der Waals surface area contributed by atoms with Crippen LogP contribution in [0.3, 0.4) is 0 Å². The fourth-order valence-corrected chi connectivity index (χ4v) is 3.62. The van der Waals surface area contributed by atoms with Gasteiger partial charge in [-0.2, -0.15) is 26.3 Å². The molecule has 3 rings (SSSR count). The average Bonchev–Trinajstić information content (AvgIpc) is 2.78. The van der Waals surface area contributed by atoms with Crippen LogP contribution in [0, 0.1) is 0 Å². The number of halogens is 7. The molecule has 15 heteroatoms. The van der Waals surface area contributed by atoms with E-state index in [4.69, 9.17) is 9.88 Å². The third kappa shape index (κ3) is 6.89. The number of amides is 1. The van der Waals surface area contributed by atoms with Gasteiger partial charge >= 0.3 is 12.4 Å². The van der Waals surface area contributed by atoms with E-state index < -0.39 is 62.5 Å². The second kappa shape index (κ2) is 10.3. The number of sulfonamides is 1. The lowest BCUT2D eigenvalue weighted by molar-refractivity contribution is -0.143. The first-order valence-corrected chi connectivity index (χ1v) is 11.4. The maximum Gasteiger partial charge on any atom is 0.417 e. The number of anilines is 1. The first-order chi connectivity index (χ1) is 17.1. The molecule has 3 N–H and O–H groups in total. The van der Waals surface area contributed by atoms with Crippen molar-refractivity contribution in [1.29, 1.82) is 0 Å². The van der Waals surface area contributed by atoms with E-state index in [0.717, 1.165) is 48.5 Å². The Bertz CT molecular complexity index is 1410. The summed E-state index contributed by atoms with van der Waals surface area (Å²) in [5.41, 5.74) is -5.34. The van der Waals surface area contributed by atoms with Crippen LogP contribution in [0.15, 0.2) is 65.6 Å². The number of carbonyl (C=O) groups is 1. The molecule has 0 fully saturated rings. The Morgan fingerprint density at radius 1 is 0.892 bits per heavy atom. The van der Waals surface area contributed by atoms with Gasteiger partial charge in [-0.15, -0.1) is 0 Å². The summed E-state index contributed by atoms with van der Waals surface area (Å²) >= 11 is 0. The van der Waals surface area contributed by atoms with E-state index in [2.05, 4.69) is 4.74 Å². The normalized spacial score (nSPS) is 12.2. The Labute approximate surface area is 204 Å². The molecule has 0 radical (unpaired) electrons. The SMILES string of the molecule is NS(=O)(=O)c1cccc(NC(=O)c2c(Oc3ccc(OCF)cc3)cc(C(F)(F)F)cc2C(F)(F)F)c1. The Morgan fingerprint density at radius 3 is 2.05 bits per heavy atom. The highest BCUT2D eigenvalue weighted by molar-refractivity contribution is 7.89. The van der Waals surface area contributed by atoms with Crippen molar-refractivity contribution in [2.75, 3.05) is 12.2 Å². The summed E-state index contributed by atoms with van der Waals surface area (Å²) in [7, 11) is -4.25. The molecular formula is C22H15F7N2O5S. The molecule has 0 saturated carbocycles. The Balaban J connectivity index is 2.15. The predicted octanol–water partition coefficient (Wildman–Crippen LogP) is 5.72. The highest BCUT2D eigenvalue weighted by atomic mass is 32.2. The van der Waals surface area contributed by atoms with Crippen molar-refractivity contribution in [3.63, 3.8) is 0 Å². The fraction of sp³-hybridized carbons (Fsp3) is 0.136. The number of hydrogen-bond acceptors (Lipinski definition) is 5. The summed E-state index contributed by atoms with van der Waals surface area (Å²) in [6.45, 7) is -1.19. The summed E-state index contributed by atoms with van der Waals surface area (Å²) in [4.78, 5) is 12.5. The molecule has 0 heterocycles. The monoisotopic (exact) mass is 552 g/mol. The molecule has 3 aromatic rings. The van der Waals surface area contributed by atoms with Crippen LogP contribution in [-0.4, -0.2) is 21.2 Å². The summed E-state index contributed by atoms with van der Waals surface area (Å²) in [6, 6.07) is 8.49. The zero-order chi connectivity index (χ0) is 27.6. The molecule has 0 bridgehead atoms. The van der Waals surface area contributed by atoms with E-state index >= 15 is 0 Å². The maximum atomic E-state index is 13.8. The van der Waals surface area contributed by atoms with Gasteiger partial charge in [-0.1, -0.05) is 6.07 Å². The van der Waals surface area contributed by atoms with Gasteiger partial charge in [0, 0.05) is 5.69 Å². The molecule has 0 aliphatic carbocycles. The van der Waals surface area contributed by atoms with Crippen molar-refractivity contribution < 1.29 is 53.4 Å². The molecule has 0 aliphatic heterocycles.